The summed E-state index contributed by atoms with van der Waals surface area (Å²) in [4.78, 5) is 125. The van der Waals surface area contributed by atoms with Gasteiger partial charge in [0.05, 0.1) is 48.8 Å². The summed E-state index contributed by atoms with van der Waals surface area (Å²) in [6, 6.07) is 9.52. The average molecular weight is 1150 g/mol. The van der Waals surface area contributed by atoms with E-state index in [9.17, 15) is 53.4 Å². The van der Waals surface area contributed by atoms with Gasteiger partial charge in [-0.3, -0.25) is 38.5 Å². The lowest BCUT2D eigenvalue weighted by Crippen LogP contribution is -2.61. The molecule has 0 radical (unpaired) electrons. The number of urea groups is 1. The number of anilines is 1. The largest absolute Gasteiger partial charge is 0.481 e. The summed E-state index contributed by atoms with van der Waals surface area (Å²) in [5.41, 5.74) is 5.99. The Bertz CT molecular complexity index is 2450. The van der Waals surface area contributed by atoms with Crippen molar-refractivity contribution >= 4 is 59.2 Å². The number of carbonyl (C=O) groups is 9. The van der Waals surface area contributed by atoms with E-state index in [1.54, 1.807) is 104 Å². The molecule has 0 aliphatic carbocycles. The predicted octanol–water partition coefficient (Wildman–Crippen LogP) is 4.81. The maximum absolute atomic E-state index is 14.8. The van der Waals surface area contributed by atoms with Crippen LogP contribution in [0.5, 0.6) is 0 Å². The number of benzene rings is 2. The maximum atomic E-state index is 14.8. The van der Waals surface area contributed by atoms with Gasteiger partial charge < -0.3 is 66.5 Å². The number of hydrogen-bond donors (Lipinski definition) is 8. The number of rotatable bonds is 30. The lowest BCUT2D eigenvalue weighted by atomic mass is 9.80. The third kappa shape index (κ3) is 19.7. The van der Waals surface area contributed by atoms with Crippen LogP contribution in [-0.2, 0) is 54.4 Å². The molecule has 2 aromatic rings. The Labute approximate surface area is 483 Å². The number of primary amides is 1. The Hall–Kier alpha value is -6.85. The molecule has 0 unspecified atom stereocenters. The van der Waals surface area contributed by atoms with E-state index in [2.05, 4.69) is 26.6 Å². The first-order chi connectivity index (χ1) is 38.4. The van der Waals surface area contributed by atoms with Crippen LogP contribution in [0, 0.1) is 35.0 Å². The van der Waals surface area contributed by atoms with Crippen LogP contribution in [0.3, 0.4) is 0 Å². The minimum absolute atomic E-state index is 0.0495. The molecular formula is C59H93N9O14. The fourth-order valence-electron chi connectivity index (χ4n) is 10.7. The standard InChI is InChI=1S/C59H93N9O14/c1-33(2)45(56(76)77)53(73)64-41(23-19-29-61-57(60)78)52(72)63-40-27-25-38(26-28-40)32-82-58(79)66(12)47(35(5)6)54(74)65-46(34(3)4)55(75)67(13)50(59(9,10)11)43(80-14)31-44(69)68-30-20-24-42(68)49(81-15)36(7)51(71)62-37(8)48(70)39-21-17-16-18-22-39/h16-18,21-22,25-28,33-37,41-43,45-50,70H,19-20,23-24,29-32H2,1-15H3,(H,62,71)(H,63,72)(H,64,73)(H,65,74)(H,76,77)(H3,60,61,78)/t36-,37-,41+,42+,43-,45+,46+,47+,48-,49-,50-/m1/s1. The quantitative estimate of drug-likeness (QED) is 0.0385. The summed E-state index contributed by atoms with van der Waals surface area (Å²) >= 11 is 0. The Morgan fingerprint density at radius 1 is 0.768 bits per heavy atom. The molecule has 1 aliphatic rings. The Kier molecular flexibility index (Phi) is 27.2. The van der Waals surface area contributed by atoms with Crippen LogP contribution in [0.4, 0.5) is 15.3 Å². The van der Waals surface area contributed by atoms with Crippen LogP contribution in [0.15, 0.2) is 54.6 Å². The fraction of sp³-hybridized carbons (Fsp3) is 0.644. The molecule has 0 aromatic heterocycles. The van der Waals surface area contributed by atoms with E-state index in [0.717, 1.165) is 4.90 Å². The highest BCUT2D eigenvalue weighted by Crippen LogP contribution is 2.33. The highest BCUT2D eigenvalue weighted by molar-refractivity contribution is 6.02. The van der Waals surface area contributed by atoms with Crippen molar-refractivity contribution in [3.05, 3.63) is 65.7 Å². The number of nitrogens with zero attached hydrogens (tertiary/aromatic N) is 3. The normalized spacial score (nSPS) is 17.2. The summed E-state index contributed by atoms with van der Waals surface area (Å²) < 4.78 is 17.7. The van der Waals surface area contributed by atoms with E-state index in [4.69, 9.17) is 19.9 Å². The van der Waals surface area contributed by atoms with Crippen molar-refractivity contribution in [1.29, 1.82) is 0 Å². The highest BCUT2D eigenvalue weighted by atomic mass is 16.6. The van der Waals surface area contributed by atoms with Crippen molar-refractivity contribution in [3.8, 4) is 0 Å². The number of methoxy groups -OCH3 is 2. The summed E-state index contributed by atoms with van der Waals surface area (Å²) in [6.45, 7) is 19.8. The van der Waals surface area contributed by atoms with Crippen LogP contribution >= 0.6 is 0 Å². The van der Waals surface area contributed by atoms with Crippen molar-refractivity contribution < 1.29 is 67.6 Å². The van der Waals surface area contributed by atoms with Gasteiger partial charge in [-0.15, -0.1) is 0 Å². The van der Waals surface area contributed by atoms with Gasteiger partial charge in [0.15, 0.2) is 0 Å². The van der Waals surface area contributed by atoms with Crippen molar-refractivity contribution in [2.24, 2.45) is 40.7 Å². The van der Waals surface area contributed by atoms with Gasteiger partial charge in [0.1, 0.15) is 30.7 Å². The van der Waals surface area contributed by atoms with E-state index in [0.29, 0.717) is 36.2 Å². The van der Waals surface area contributed by atoms with E-state index < -0.39 is 131 Å². The predicted molar refractivity (Wildman–Crippen MR) is 308 cm³/mol. The first-order valence-corrected chi connectivity index (χ1v) is 28.2. The minimum Gasteiger partial charge on any atom is -0.481 e. The molecule has 1 aliphatic heterocycles. The molecule has 0 bridgehead atoms. The van der Waals surface area contributed by atoms with Crippen LogP contribution in [0.1, 0.15) is 125 Å². The Morgan fingerprint density at radius 3 is 1.91 bits per heavy atom. The number of aliphatic hydroxyl groups excluding tert-OH is 1. The summed E-state index contributed by atoms with van der Waals surface area (Å²) in [6.07, 6.45) is -1.79. The number of hydrogen-bond acceptors (Lipinski definition) is 13. The van der Waals surface area contributed by atoms with Gasteiger partial charge in [-0.05, 0) is 79.0 Å². The number of likely N-dealkylation sites (N-methyl/N-ethyl adjacent to an activating group) is 2. The Balaban J connectivity index is 1.71. The molecule has 1 saturated heterocycles. The molecule has 3 rings (SSSR count). The monoisotopic (exact) mass is 1150 g/mol. The van der Waals surface area contributed by atoms with Gasteiger partial charge in [-0.25, -0.2) is 9.59 Å². The van der Waals surface area contributed by atoms with Gasteiger partial charge in [-0.1, -0.05) is 112 Å². The number of ether oxygens (including phenoxy) is 3. The van der Waals surface area contributed by atoms with Gasteiger partial charge in [-0.2, -0.15) is 0 Å². The van der Waals surface area contributed by atoms with Crippen LogP contribution in [0.2, 0.25) is 0 Å². The molecular weight excluding hydrogens is 1060 g/mol. The third-order valence-electron chi connectivity index (χ3n) is 15.1. The average Bonchev–Trinajstić information content (AvgIpc) is 3.97. The molecule has 0 saturated carbocycles. The number of aliphatic carboxylic acids is 1. The number of likely N-dealkylation sites (tertiary alicyclic amines) is 1. The van der Waals surface area contributed by atoms with Crippen molar-refractivity contribution in [1.82, 2.24) is 36.0 Å². The van der Waals surface area contributed by atoms with E-state index in [-0.39, 0.29) is 44.2 Å². The second-order valence-electron chi connectivity index (χ2n) is 23.5. The second-order valence-corrected chi connectivity index (χ2v) is 23.5. The van der Waals surface area contributed by atoms with Crippen molar-refractivity contribution in [2.75, 3.05) is 46.7 Å². The summed E-state index contributed by atoms with van der Waals surface area (Å²) in [7, 11) is 6.04. The molecule has 11 atom stereocenters. The number of carbonyl (C=O) groups excluding carboxylic acids is 8. The van der Waals surface area contributed by atoms with Crippen LogP contribution in [-0.4, -0.2) is 168 Å². The molecule has 23 nitrogen and oxygen atoms in total. The molecule has 1 heterocycles. The number of nitrogens with two attached hydrogens (primary N) is 1. The van der Waals surface area contributed by atoms with Gasteiger partial charge in [0.25, 0.3) is 0 Å². The number of nitrogens with one attached hydrogen (secondary N) is 5. The van der Waals surface area contributed by atoms with Crippen molar-refractivity contribution in [2.45, 2.75) is 169 Å². The van der Waals surface area contributed by atoms with E-state index in [1.807, 2.05) is 39.0 Å². The lowest BCUT2D eigenvalue weighted by molar-refractivity contribution is -0.150. The topological polar surface area (TPSA) is 318 Å². The second kappa shape index (κ2) is 32.1. The van der Waals surface area contributed by atoms with E-state index in [1.165, 1.54) is 26.2 Å². The summed E-state index contributed by atoms with van der Waals surface area (Å²) in [5, 5.41) is 34.0. The fourth-order valence-corrected chi connectivity index (χ4v) is 10.7. The SMILES string of the molecule is CO[C@H]([C@@H](C)C(=O)N[C@H](C)[C@@H](O)c1ccccc1)[C@@H]1CCCN1C(=O)C[C@@H](OC)[C@@H](N(C)C(=O)[C@@H](NC(=O)[C@H](C(C)C)N(C)C(=O)OCc1ccc(NC(=O)[C@H](CCCNC(N)=O)NC(=O)[C@@H](C(=O)O)C(C)C)cc1)C(C)C)C(C)(C)C. The molecule has 458 valence electrons. The molecule has 2 aromatic carbocycles. The molecule has 23 heteroatoms. The highest BCUT2D eigenvalue weighted by Gasteiger charge is 2.45. The van der Waals surface area contributed by atoms with Gasteiger partial charge >= 0.3 is 18.1 Å². The van der Waals surface area contributed by atoms with Crippen LogP contribution < -0.4 is 32.3 Å². The number of carboxylic acid groups (broad SMARTS) is 1. The number of aliphatic hydroxyl groups is 1. The first kappa shape index (κ1) is 69.4. The van der Waals surface area contributed by atoms with Crippen LogP contribution in [0.25, 0.3) is 0 Å². The van der Waals surface area contributed by atoms with Crippen molar-refractivity contribution in [3.63, 3.8) is 0 Å². The molecule has 1 fully saturated rings. The zero-order valence-electron chi connectivity index (χ0n) is 50.6. The summed E-state index contributed by atoms with van der Waals surface area (Å²) in [5.74, 6) is -7.95. The molecule has 9 amide bonds. The zero-order chi connectivity index (χ0) is 61.9. The maximum Gasteiger partial charge on any atom is 0.410 e. The number of amides is 9. The van der Waals surface area contributed by atoms with Gasteiger partial charge in [0.2, 0.25) is 35.4 Å². The number of carboxylic acids is 1. The molecule has 0 spiro atoms. The van der Waals surface area contributed by atoms with E-state index >= 15 is 0 Å². The van der Waals surface area contributed by atoms with Gasteiger partial charge in [0, 0.05) is 47.1 Å². The lowest BCUT2D eigenvalue weighted by Gasteiger charge is -2.44. The third-order valence-corrected chi connectivity index (χ3v) is 15.1. The minimum atomic E-state index is -1.41. The smallest absolute Gasteiger partial charge is 0.410 e. The first-order valence-electron chi connectivity index (χ1n) is 28.2. The zero-order valence-corrected chi connectivity index (χ0v) is 50.6. The molecule has 82 heavy (non-hydrogen) atoms. The molecule has 9 N–H and O–H groups in total. The Morgan fingerprint density at radius 2 is 1.39 bits per heavy atom.